The largest absolute Gasteiger partial charge is 0.242 e. The second-order valence-electron chi connectivity index (χ2n) is 5.42. The van der Waals surface area contributed by atoms with Crippen LogP contribution in [0.25, 0.3) is 0 Å². The van der Waals surface area contributed by atoms with Crippen molar-refractivity contribution in [2.45, 2.75) is 50.0 Å². The van der Waals surface area contributed by atoms with Gasteiger partial charge in [-0.15, -0.1) is 0 Å². The molecule has 0 radical (unpaired) electrons. The summed E-state index contributed by atoms with van der Waals surface area (Å²) in [6.45, 7) is 1.92. The molecule has 1 N–H and O–H groups in total. The summed E-state index contributed by atoms with van der Waals surface area (Å²) in [6, 6.07) is 8.16. The molecule has 1 saturated carbocycles. The number of hydrogen-bond acceptors (Lipinski definition) is 3. The van der Waals surface area contributed by atoms with Gasteiger partial charge in [0.2, 0.25) is 10.0 Å². The lowest BCUT2D eigenvalue weighted by Gasteiger charge is -2.28. The standard InChI is InChI=1S/C15H20N2O2S/c1-12(13-7-3-2-4-8-13)17-20(18,19)15-10-6-5-9-14(15)11-16/h5-6,9-10,12-13,17H,2-4,7-8H2,1H3. The Morgan fingerprint density at radius 2 is 1.90 bits per heavy atom. The van der Waals surface area contributed by atoms with Gasteiger partial charge in [0.05, 0.1) is 10.5 Å². The van der Waals surface area contributed by atoms with E-state index < -0.39 is 10.0 Å². The van der Waals surface area contributed by atoms with Gasteiger partial charge in [-0.25, -0.2) is 13.1 Å². The summed E-state index contributed by atoms with van der Waals surface area (Å²) >= 11 is 0. The molecule has 0 spiro atoms. The Hall–Kier alpha value is -1.38. The van der Waals surface area contributed by atoms with Crippen LogP contribution >= 0.6 is 0 Å². The average Bonchev–Trinajstić information content (AvgIpc) is 2.47. The number of nitriles is 1. The molecule has 1 aliphatic rings. The van der Waals surface area contributed by atoms with Crippen molar-refractivity contribution in [2.75, 3.05) is 0 Å². The molecule has 0 saturated heterocycles. The van der Waals surface area contributed by atoms with Gasteiger partial charge in [-0.1, -0.05) is 31.4 Å². The molecule has 2 rings (SSSR count). The molecule has 1 aliphatic carbocycles. The number of nitrogens with zero attached hydrogens (tertiary/aromatic N) is 1. The highest BCUT2D eigenvalue weighted by Crippen LogP contribution is 2.27. The fourth-order valence-corrected chi connectivity index (χ4v) is 4.30. The molecule has 0 bridgehead atoms. The molecule has 1 unspecified atom stereocenters. The molecule has 1 atom stereocenters. The van der Waals surface area contributed by atoms with Crippen LogP contribution in [0.15, 0.2) is 29.2 Å². The van der Waals surface area contributed by atoms with Crippen molar-refractivity contribution in [1.82, 2.24) is 4.72 Å². The Morgan fingerprint density at radius 3 is 2.55 bits per heavy atom. The van der Waals surface area contributed by atoms with Crippen LogP contribution in [0, 0.1) is 17.2 Å². The molecule has 0 aliphatic heterocycles. The van der Waals surface area contributed by atoms with E-state index in [2.05, 4.69) is 4.72 Å². The SMILES string of the molecule is CC(NS(=O)(=O)c1ccccc1C#N)C1CCCCC1. The second-order valence-corrected chi connectivity index (χ2v) is 7.10. The van der Waals surface area contributed by atoms with Crippen molar-refractivity contribution in [3.8, 4) is 6.07 Å². The molecule has 1 aromatic rings. The van der Waals surface area contributed by atoms with Crippen LogP contribution in [0.1, 0.15) is 44.6 Å². The average molecular weight is 292 g/mol. The van der Waals surface area contributed by atoms with E-state index in [4.69, 9.17) is 5.26 Å². The first-order chi connectivity index (χ1) is 9.54. The van der Waals surface area contributed by atoms with Crippen LogP contribution in [-0.4, -0.2) is 14.5 Å². The van der Waals surface area contributed by atoms with Gasteiger partial charge in [-0.05, 0) is 37.8 Å². The van der Waals surface area contributed by atoms with E-state index in [0.717, 1.165) is 12.8 Å². The van der Waals surface area contributed by atoms with Crippen LogP contribution in [0.2, 0.25) is 0 Å². The van der Waals surface area contributed by atoms with E-state index in [1.54, 1.807) is 12.1 Å². The Labute approximate surface area is 120 Å². The Kier molecular flexibility index (Phi) is 4.79. The van der Waals surface area contributed by atoms with E-state index in [1.807, 2.05) is 13.0 Å². The zero-order valence-corrected chi connectivity index (χ0v) is 12.5. The third kappa shape index (κ3) is 3.38. The van der Waals surface area contributed by atoms with Gasteiger partial charge in [-0.3, -0.25) is 0 Å². The first kappa shape index (κ1) is 15.0. The van der Waals surface area contributed by atoms with Crippen molar-refractivity contribution in [2.24, 2.45) is 5.92 Å². The lowest BCUT2D eigenvalue weighted by atomic mass is 9.85. The lowest BCUT2D eigenvalue weighted by molar-refractivity contribution is 0.303. The molecule has 108 valence electrons. The van der Waals surface area contributed by atoms with Crippen molar-refractivity contribution in [1.29, 1.82) is 5.26 Å². The van der Waals surface area contributed by atoms with Crippen molar-refractivity contribution >= 4 is 10.0 Å². The monoisotopic (exact) mass is 292 g/mol. The highest BCUT2D eigenvalue weighted by Gasteiger charge is 2.26. The molecule has 20 heavy (non-hydrogen) atoms. The smallest absolute Gasteiger partial charge is 0.208 e. The predicted molar refractivity (Wildman–Crippen MR) is 77.5 cm³/mol. The maximum absolute atomic E-state index is 12.4. The van der Waals surface area contributed by atoms with E-state index in [0.29, 0.717) is 5.92 Å². The summed E-state index contributed by atoms with van der Waals surface area (Å²) in [5.74, 6) is 0.396. The van der Waals surface area contributed by atoms with Gasteiger partial charge in [0.1, 0.15) is 6.07 Å². The molecule has 1 aromatic carbocycles. The lowest BCUT2D eigenvalue weighted by Crippen LogP contribution is -2.39. The summed E-state index contributed by atoms with van der Waals surface area (Å²) in [4.78, 5) is 0.0742. The van der Waals surface area contributed by atoms with Crippen LogP contribution < -0.4 is 4.72 Å². The van der Waals surface area contributed by atoms with Crippen LogP contribution in [0.3, 0.4) is 0 Å². The van der Waals surface area contributed by atoms with Crippen LogP contribution in [-0.2, 0) is 10.0 Å². The van der Waals surface area contributed by atoms with Gasteiger partial charge in [0.15, 0.2) is 0 Å². The number of hydrogen-bond donors (Lipinski definition) is 1. The second kappa shape index (κ2) is 6.38. The van der Waals surface area contributed by atoms with Crippen LogP contribution in [0.5, 0.6) is 0 Å². The predicted octanol–water partition coefficient (Wildman–Crippen LogP) is 2.81. The number of benzene rings is 1. The third-order valence-corrected chi connectivity index (χ3v) is 5.61. The van der Waals surface area contributed by atoms with E-state index in [-0.39, 0.29) is 16.5 Å². The minimum atomic E-state index is -3.62. The minimum Gasteiger partial charge on any atom is -0.208 e. The first-order valence-corrected chi connectivity index (χ1v) is 8.54. The molecule has 0 aromatic heterocycles. The Bertz CT molecular complexity index is 599. The molecule has 1 fully saturated rings. The topological polar surface area (TPSA) is 70.0 Å². The van der Waals surface area contributed by atoms with E-state index in [9.17, 15) is 8.42 Å². The summed E-state index contributed by atoms with van der Waals surface area (Å²) in [7, 11) is -3.62. The maximum atomic E-state index is 12.4. The van der Waals surface area contributed by atoms with Crippen molar-refractivity contribution in [3.63, 3.8) is 0 Å². The summed E-state index contributed by atoms with van der Waals surface area (Å²) in [5, 5.41) is 9.02. The fraction of sp³-hybridized carbons (Fsp3) is 0.533. The van der Waals surface area contributed by atoms with Crippen molar-refractivity contribution < 1.29 is 8.42 Å². The Balaban J connectivity index is 2.16. The fourth-order valence-electron chi connectivity index (χ4n) is 2.83. The van der Waals surface area contributed by atoms with Gasteiger partial charge in [-0.2, -0.15) is 5.26 Å². The number of nitrogens with one attached hydrogen (secondary N) is 1. The quantitative estimate of drug-likeness (QED) is 0.927. The molecule has 0 heterocycles. The highest BCUT2D eigenvalue weighted by atomic mass is 32.2. The van der Waals surface area contributed by atoms with Gasteiger partial charge in [0.25, 0.3) is 0 Å². The minimum absolute atomic E-state index is 0.0742. The number of sulfonamides is 1. The normalized spacial score (nSPS) is 18.4. The molecule has 5 heteroatoms. The zero-order valence-electron chi connectivity index (χ0n) is 11.7. The molecule has 0 amide bonds. The van der Waals surface area contributed by atoms with E-state index >= 15 is 0 Å². The summed E-state index contributed by atoms with van der Waals surface area (Å²) in [6.07, 6.45) is 5.73. The Morgan fingerprint density at radius 1 is 1.25 bits per heavy atom. The summed E-state index contributed by atoms with van der Waals surface area (Å²) < 4.78 is 27.5. The van der Waals surface area contributed by atoms with Gasteiger partial charge < -0.3 is 0 Å². The molecular formula is C15H20N2O2S. The highest BCUT2D eigenvalue weighted by molar-refractivity contribution is 7.89. The van der Waals surface area contributed by atoms with Gasteiger partial charge >= 0.3 is 0 Å². The number of rotatable bonds is 4. The zero-order chi connectivity index (χ0) is 14.6. The summed E-state index contributed by atoms with van der Waals surface area (Å²) in [5.41, 5.74) is 0.191. The third-order valence-electron chi connectivity index (χ3n) is 4.00. The van der Waals surface area contributed by atoms with Crippen LogP contribution in [0.4, 0.5) is 0 Å². The molecular weight excluding hydrogens is 272 g/mol. The molecule has 4 nitrogen and oxygen atoms in total. The maximum Gasteiger partial charge on any atom is 0.242 e. The van der Waals surface area contributed by atoms with E-state index in [1.165, 1.54) is 31.4 Å². The first-order valence-electron chi connectivity index (χ1n) is 7.06. The van der Waals surface area contributed by atoms with Gasteiger partial charge in [0, 0.05) is 6.04 Å². The van der Waals surface area contributed by atoms with Crippen molar-refractivity contribution in [3.05, 3.63) is 29.8 Å².